The van der Waals surface area contributed by atoms with Gasteiger partial charge in [-0.2, -0.15) is 0 Å². The topological polar surface area (TPSA) is 154 Å². The highest BCUT2D eigenvalue weighted by Gasteiger charge is 2.26. The van der Waals surface area contributed by atoms with Crippen LogP contribution in [0.1, 0.15) is 15.9 Å². The molecule has 12 nitrogen and oxygen atoms in total. The monoisotopic (exact) mass is 481 g/mol. The number of amides is 1. The molecule has 1 amide bonds. The standard InChI is InChI=1S/C20H23N3O9S/c1-12-6-7-13(23(26)27)8-16(12)22(33(5,28)29)11-19(24)21-15-10-18(31-3)17(30-2)9-14(15)20(25)32-4/h6-10H,11H2,1-5H3,(H,21,24). The number of hydrogen-bond donors (Lipinski definition) is 1. The average molecular weight is 481 g/mol. The highest BCUT2D eigenvalue weighted by atomic mass is 32.2. The van der Waals surface area contributed by atoms with Gasteiger partial charge in [0.1, 0.15) is 6.54 Å². The summed E-state index contributed by atoms with van der Waals surface area (Å²) in [4.78, 5) is 35.5. The summed E-state index contributed by atoms with van der Waals surface area (Å²) < 4.78 is 40.7. The van der Waals surface area contributed by atoms with Crippen LogP contribution in [-0.4, -0.2) is 59.3 Å². The van der Waals surface area contributed by atoms with E-state index >= 15 is 0 Å². The number of methoxy groups -OCH3 is 3. The van der Waals surface area contributed by atoms with Crippen LogP contribution < -0.4 is 19.1 Å². The second kappa shape index (κ2) is 10.2. The summed E-state index contributed by atoms with van der Waals surface area (Å²) in [6, 6.07) is 6.31. The normalized spacial score (nSPS) is 10.8. The first-order valence-corrected chi connectivity index (χ1v) is 11.1. The molecule has 2 aromatic rings. The first kappa shape index (κ1) is 25.4. The van der Waals surface area contributed by atoms with Crippen LogP contribution in [-0.2, 0) is 19.6 Å². The third-order valence-electron chi connectivity index (χ3n) is 4.56. The number of benzene rings is 2. The number of rotatable bonds is 9. The Bertz CT molecular complexity index is 1200. The van der Waals surface area contributed by atoms with Crippen LogP contribution in [0.5, 0.6) is 11.5 Å². The number of nitro benzene ring substituents is 1. The molecule has 2 aromatic carbocycles. The summed E-state index contributed by atoms with van der Waals surface area (Å²) in [6.45, 7) is 0.842. The maximum Gasteiger partial charge on any atom is 0.340 e. The van der Waals surface area contributed by atoms with Gasteiger partial charge in [0.05, 0.1) is 49.4 Å². The lowest BCUT2D eigenvalue weighted by Gasteiger charge is -2.24. The predicted molar refractivity (Wildman–Crippen MR) is 120 cm³/mol. The van der Waals surface area contributed by atoms with Gasteiger partial charge >= 0.3 is 5.97 Å². The Morgan fingerprint density at radius 1 is 1.09 bits per heavy atom. The molecule has 0 aliphatic heterocycles. The number of nitrogens with zero attached hydrogens (tertiary/aromatic N) is 2. The molecular weight excluding hydrogens is 458 g/mol. The van der Waals surface area contributed by atoms with Gasteiger partial charge < -0.3 is 19.5 Å². The van der Waals surface area contributed by atoms with Crippen molar-refractivity contribution >= 4 is 39.0 Å². The number of hydrogen-bond acceptors (Lipinski definition) is 9. The first-order valence-electron chi connectivity index (χ1n) is 9.29. The number of nitro groups is 1. The Morgan fingerprint density at radius 2 is 1.70 bits per heavy atom. The van der Waals surface area contributed by atoms with Crippen LogP contribution in [0.3, 0.4) is 0 Å². The predicted octanol–water partition coefficient (Wildman–Crippen LogP) is 2.11. The fourth-order valence-electron chi connectivity index (χ4n) is 2.94. The molecule has 13 heteroatoms. The van der Waals surface area contributed by atoms with Crippen molar-refractivity contribution in [1.82, 2.24) is 0 Å². The molecule has 0 atom stereocenters. The van der Waals surface area contributed by atoms with E-state index in [-0.39, 0.29) is 34.1 Å². The van der Waals surface area contributed by atoms with Crippen molar-refractivity contribution < 1.29 is 37.1 Å². The Labute approximate surface area is 190 Å². The summed E-state index contributed by atoms with van der Waals surface area (Å²) in [6.07, 6.45) is 0.870. The number of carbonyl (C=O) groups excluding carboxylic acids is 2. The molecule has 0 fully saturated rings. The van der Waals surface area contributed by atoms with E-state index in [4.69, 9.17) is 14.2 Å². The molecule has 33 heavy (non-hydrogen) atoms. The highest BCUT2D eigenvalue weighted by Crippen LogP contribution is 2.34. The number of sulfonamides is 1. The third-order valence-corrected chi connectivity index (χ3v) is 5.69. The van der Waals surface area contributed by atoms with Crippen LogP contribution in [0.15, 0.2) is 30.3 Å². The van der Waals surface area contributed by atoms with Crippen molar-refractivity contribution in [2.24, 2.45) is 0 Å². The van der Waals surface area contributed by atoms with Gasteiger partial charge in [-0.15, -0.1) is 0 Å². The SMILES string of the molecule is COC(=O)c1cc(OC)c(OC)cc1NC(=O)CN(c1cc([N+](=O)[O-])ccc1C)S(C)(=O)=O. The van der Waals surface area contributed by atoms with Gasteiger partial charge in [-0.1, -0.05) is 6.07 Å². The Hall–Kier alpha value is -3.87. The molecule has 0 heterocycles. The second-order valence-corrected chi connectivity index (χ2v) is 8.70. The first-order chi connectivity index (χ1) is 15.4. The Kier molecular flexibility index (Phi) is 7.82. The van der Waals surface area contributed by atoms with Gasteiger partial charge in [0.25, 0.3) is 5.69 Å². The van der Waals surface area contributed by atoms with E-state index in [1.807, 2.05) is 0 Å². The fourth-order valence-corrected chi connectivity index (χ4v) is 3.85. The number of ether oxygens (including phenoxy) is 3. The van der Waals surface area contributed by atoms with E-state index in [9.17, 15) is 28.1 Å². The van der Waals surface area contributed by atoms with E-state index in [2.05, 4.69) is 5.32 Å². The van der Waals surface area contributed by atoms with Crippen molar-refractivity contribution in [3.05, 3.63) is 51.6 Å². The fraction of sp³-hybridized carbons (Fsp3) is 0.300. The number of carbonyl (C=O) groups is 2. The molecule has 0 aromatic heterocycles. The molecule has 2 rings (SSSR count). The summed E-state index contributed by atoms with van der Waals surface area (Å²) in [5.74, 6) is -1.18. The number of nitrogens with one attached hydrogen (secondary N) is 1. The lowest BCUT2D eigenvalue weighted by Crippen LogP contribution is -2.38. The Morgan fingerprint density at radius 3 is 2.21 bits per heavy atom. The van der Waals surface area contributed by atoms with Crippen molar-refractivity contribution in [1.29, 1.82) is 0 Å². The zero-order valence-electron chi connectivity index (χ0n) is 18.6. The third kappa shape index (κ3) is 5.88. The van der Waals surface area contributed by atoms with Gasteiger partial charge in [-0.3, -0.25) is 19.2 Å². The Balaban J connectivity index is 2.47. The highest BCUT2D eigenvalue weighted by molar-refractivity contribution is 7.92. The van der Waals surface area contributed by atoms with Gasteiger partial charge in [0.15, 0.2) is 11.5 Å². The van der Waals surface area contributed by atoms with Crippen LogP contribution in [0.2, 0.25) is 0 Å². The van der Waals surface area contributed by atoms with Gasteiger partial charge in [-0.05, 0) is 12.5 Å². The van der Waals surface area contributed by atoms with E-state index in [0.717, 1.165) is 23.7 Å². The molecule has 0 aliphatic carbocycles. The van der Waals surface area contributed by atoms with E-state index < -0.39 is 33.4 Å². The van der Waals surface area contributed by atoms with E-state index in [1.165, 1.54) is 38.5 Å². The van der Waals surface area contributed by atoms with Crippen LogP contribution >= 0.6 is 0 Å². The van der Waals surface area contributed by atoms with Gasteiger partial charge in [0, 0.05) is 24.3 Å². The quantitative estimate of drug-likeness (QED) is 0.322. The van der Waals surface area contributed by atoms with Crippen molar-refractivity contribution in [2.75, 3.05) is 43.8 Å². The molecule has 0 spiro atoms. The van der Waals surface area contributed by atoms with Crippen LogP contribution in [0.25, 0.3) is 0 Å². The number of esters is 1. The van der Waals surface area contributed by atoms with Crippen molar-refractivity contribution in [3.63, 3.8) is 0 Å². The zero-order valence-corrected chi connectivity index (χ0v) is 19.4. The molecule has 178 valence electrons. The van der Waals surface area contributed by atoms with Crippen LogP contribution in [0.4, 0.5) is 17.1 Å². The minimum Gasteiger partial charge on any atom is -0.493 e. The summed E-state index contributed by atoms with van der Waals surface area (Å²) in [7, 11) is -0.135. The van der Waals surface area contributed by atoms with E-state index in [1.54, 1.807) is 6.92 Å². The molecule has 1 N–H and O–H groups in total. The molecule has 0 unspecified atom stereocenters. The maximum absolute atomic E-state index is 12.8. The zero-order chi connectivity index (χ0) is 24.9. The molecule has 0 radical (unpaired) electrons. The van der Waals surface area contributed by atoms with Crippen molar-refractivity contribution in [3.8, 4) is 11.5 Å². The average Bonchev–Trinajstić information content (AvgIpc) is 2.76. The molecule has 0 bridgehead atoms. The van der Waals surface area contributed by atoms with E-state index in [0.29, 0.717) is 5.56 Å². The largest absolute Gasteiger partial charge is 0.493 e. The van der Waals surface area contributed by atoms with Gasteiger partial charge in [-0.25, -0.2) is 13.2 Å². The molecule has 0 saturated heterocycles. The summed E-state index contributed by atoms with van der Waals surface area (Å²) in [5.41, 5.74) is -0.0188. The van der Waals surface area contributed by atoms with Crippen molar-refractivity contribution in [2.45, 2.75) is 6.92 Å². The molecular formula is C20H23N3O9S. The summed E-state index contributed by atoms with van der Waals surface area (Å²) in [5, 5.41) is 13.6. The minimum atomic E-state index is -4.01. The minimum absolute atomic E-state index is 0.00582. The smallest absolute Gasteiger partial charge is 0.340 e. The molecule has 0 saturated carbocycles. The van der Waals surface area contributed by atoms with Gasteiger partial charge in [0.2, 0.25) is 15.9 Å². The maximum atomic E-state index is 12.8. The number of non-ortho nitro benzene ring substituents is 1. The van der Waals surface area contributed by atoms with Crippen LogP contribution in [0, 0.1) is 17.0 Å². The number of anilines is 2. The molecule has 0 aliphatic rings. The second-order valence-electron chi connectivity index (χ2n) is 6.79. The summed E-state index contributed by atoms with van der Waals surface area (Å²) >= 11 is 0. The number of aryl methyl sites for hydroxylation is 1. The lowest BCUT2D eigenvalue weighted by atomic mass is 10.1. The lowest BCUT2D eigenvalue weighted by molar-refractivity contribution is -0.384.